The Balaban J connectivity index is 1.67. The summed E-state index contributed by atoms with van der Waals surface area (Å²) in [6, 6.07) is 5.37. The SMILES string of the molecule is O=[N+]([O-])c1sc2ccc(Cl)cc2c1NCCCN1CCOCC1. The number of halogens is 1. The monoisotopic (exact) mass is 355 g/mol. The van der Waals surface area contributed by atoms with Gasteiger partial charge in [-0.05, 0) is 31.2 Å². The predicted octanol–water partition coefficient (Wildman–Crippen LogP) is 3.60. The lowest BCUT2D eigenvalue weighted by Crippen LogP contribution is -2.37. The quantitative estimate of drug-likeness (QED) is 0.487. The maximum Gasteiger partial charge on any atom is 0.348 e. The Kier molecular flexibility index (Phi) is 5.32. The zero-order valence-corrected chi connectivity index (χ0v) is 14.2. The molecule has 1 saturated heterocycles. The number of morpholine rings is 1. The van der Waals surface area contributed by atoms with E-state index < -0.39 is 0 Å². The van der Waals surface area contributed by atoms with Gasteiger partial charge in [-0.15, -0.1) is 0 Å². The molecule has 0 saturated carbocycles. The van der Waals surface area contributed by atoms with Crippen molar-refractivity contribution >= 4 is 43.7 Å². The van der Waals surface area contributed by atoms with E-state index in [0.717, 1.165) is 49.4 Å². The molecule has 0 aliphatic carbocycles. The summed E-state index contributed by atoms with van der Waals surface area (Å²) < 4.78 is 6.20. The van der Waals surface area contributed by atoms with Crippen LogP contribution in [-0.4, -0.2) is 49.2 Å². The van der Waals surface area contributed by atoms with Crippen molar-refractivity contribution in [2.45, 2.75) is 6.42 Å². The Labute approximate surface area is 143 Å². The summed E-state index contributed by atoms with van der Waals surface area (Å²) in [5.41, 5.74) is 0.583. The standard InChI is InChI=1S/C15H18ClN3O3S/c16-11-2-3-13-12(10-11)14(15(23-13)19(20)21)17-4-1-5-18-6-8-22-9-7-18/h2-3,10,17H,1,4-9H2. The average Bonchev–Trinajstić information content (AvgIpc) is 2.91. The molecule has 0 spiro atoms. The van der Waals surface area contributed by atoms with Gasteiger partial charge in [-0.25, -0.2) is 0 Å². The van der Waals surface area contributed by atoms with Crippen molar-refractivity contribution in [2.75, 3.05) is 44.7 Å². The van der Waals surface area contributed by atoms with Crippen molar-refractivity contribution in [1.82, 2.24) is 4.90 Å². The number of nitrogens with one attached hydrogen (secondary N) is 1. The number of hydrogen-bond donors (Lipinski definition) is 1. The summed E-state index contributed by atoms with van der Waals surface area (Å²) in [5, 5.41) is 16.1. The maximum atomic E-state index is 11.3. The van der Waals surface area contributed by atoms with Gasteiger partial charge in [0.05, 0.1) is 18.1 Å². The number of nitrogens with zero attached hydrogens (tertiary/aromatic N) is 2. The summed E-state index contributed by atoms with van der Waals surface area (Å²) in [4.78, 5) is 13.3. The van der Waals surface area contributed by atoms with E-state index >= 15 is 0 Å². The third-order valence-corrected chi connectivity index (χ3v) is 5.21. The van der Waals surface area contributed by atoms with Gasteiger partial charge in [-0.3, -0.25) is 15.0 Å². The van der Waals surface area contributed by atoms with Crippen molar-refractivity contribution in [1.29, 1.82) is 0 Å². The summed E-state index contributed by atoms with van der Waals surface area (Å²) in [5.74, 6) is 0. The van der Waals surface area contributed by atoms with Crippen LogP contribution in [0.15, 0.2) is 18.2 Å². The summed E-state index contributed by atoms with van der Waals surface area (Å²) in [7, 11) is 0. The van der Waals surface area contributed by atoms with Gasteiger partial charge >= 0.3 is 5.00 Å². The number of hydrogen-bond acceptors (Lipinski definition) is 6. The van der Waals surface area contributed by atoms with Crippen LogP contribution in [0.25, 0.3) is 10.1 Å². The van der Waals surface area contributed by atoms with Crippen LogP contribution in [0.5, 0.6) is 0 Å². The van der Waals surface area contributed by atoms with E-state index in [1.54, 1.807) is 12.1 Å². The normalized spacial score (nSPS) is 15.9. The molecule has 1 aliphatic rings. The lowest BCUT2D eigenvalue weighted by molar-refractivity contribution is -0.379. The van der Waals surface area contributed by atoms with Crippen LogP contribution in [0.3, 0.4) is 0 Å². The van der Waals surface area contributed by atoms with Gasteiger partial charge < -0.3 is 10.1 Å². The van der Waals surface area contributed by atoms with E-state index in [-0.39, 0.29) is 9.92 Å². The fourth-order valence-electron chi connectivity index (χ4n) is 2.70. The van der Waals surface area contributed by atoms with Gasteiger partial charge in [0.1, 0.15) is 5.69 Å². The highest BCUT2D eigenvalue weighted by molar-refractivity contribution is 7.23. The second-order valence-electron chi connectivity index (χ2n) is 5.41. The van der Waals surface area contributed by atoms with E-state index in [9.17, 15) is 10.1 Å². The molecule has 2 aromatic rings. The Morgan fingerprint density at radius 3 is 2.91 bits per heavy atom. The third-order valence-electron chi connectivity index (χ3n) is 3.85. The predicted molar refractivity (Wildman–Crippen MR) is 93.9 cm³/mol. The number of ether oxygens (including phenoxy) is 1. The van der Waals surface area contributed by atoms with Gasteiger partial charge in [0, 0.05) is 34.7 Å². The zero-order chi connectivity index (χ0) is 16.2. The highest BCUT2D eigenvalue weighted by atomic mass is 35.5. The van der Waals surface area contributed by atoms with Gasteiger partial charge in [0.25, 0.3) is 0 Å². The number of anilines is 1. The first-order valence-corrected chi connectivity index (χ1v) is 8.75. The third kappa shape index (κ3) is 3.92. The molecular weight excluding hydrogens is 338 g/mol. The average molecular weight is 356 g/mol. The molecule has 6 nitrogen and oxygen atoms in total. The first-order chi connectivity index (χ1) is 11.1. The van der Waals surface area contributed by atoms with Crippen molar-refractivity contribution in [3.63, 3.8) is 0 Å². The second-order valence-corrected chi connectivity index (χ2v) is 6.88. The minimum atomic E-state index is -0.330. The molecule has 0 atom stereocenters. The van der Waals surface area contributed by atoms with Crippen LogP contribution >= 0.6 is 22.9 Å². The van der Waals surface area contributed by atoms with Crippen LogP contribution in [0.2, 0.25) is 5.02 Å². The summed E-state index contributed by atoms with van der Waals surface area (Å²) >= 11 is 7.21. The largest absolute Gasteiger partial charge is 0.379 e. The van der Waals surface area contributed by atoms with Crippen LogP contribution < -0.4 is 5.32 Å². The molecule has 3 rings (SSSR count). The molecule has 1 fully saturated rings. The zero-order valence-electron chi connectivity index (χ0n) is 12.6. The Bertz CT molecular complexity index is 701. The van der Waals surface area contributed by atoms with E-state index in [1.165, 1.54) is 11.3 Å². The molecular formula is C15H18ClN3O3S. The molecule has 2 heterocycles. The fraction of sp³-hybridized carbons (Fsp3) is 0.467. The van der Waals surface area contributed by atoms with E-state index in [2.05, 4.69) is 10.2 Å². The number of thiophene rings is 1. The molecule has 1 aromatic heterocycles. The molecule has 23 heavy (non-hydrogen) atoms. The van der Waals surface area contributed by atoms with E-state index in [0.29, 0.717) is 17.3 Å². The maximum absolute atomic E-state index is 11.3. The Hall–Kier alpha value is -1.41. The molecule has 0 bridgehead atoms. The van der Waals surface area contributed by atoms with Gasteiger partial charge in [-0.2, -0.15) is 0 Å². The van der Waals surface area contributed by atoms with Crippen molar-refractivity contribution in [2.24, 2.45) is 0 Å². The summed E-state index contributed by atoms with van der Waals surface area (Å²) in [6.07, 6.45) is 0.926. The highest BCUT2D eigenvalue weighted by Gasteiger charge is 2.21. The van der Waals surface area contributed by atoms with Crippen molar-refractivity contribution in [3.8, 4) is 0 Å². The van der Waals surface area contributed by atoms with Crippen LogP contribution in [0.1, 0.15) is 6.42 Å². The Morgan fingerprint density at radius 1 is 1.39 bits per heavy atom. The van der Waals surface area contributed by atoms with Crippen LogP contribution in [0.4, 0.5) is 10.7 Å². The molecule has 124 valence electrons. The first kappa shape index (κ1) is 16.4. The lowest BCUT2D eigenvalue weighted by atomic mass is 10.2. The minimum absolute atomic E-state index is 0.147. The smallest absolute Gasteiger partial charge is 0.348 e. The van der Waals surface area contributed by atoms with Gasteiger partial charge in [-0.1, -0.05) is 22.9 Å². The van der Waals surface area contributed by atoms with Crippen LogP contribution in [-0.2, 0) is 4.74 Å². The molecule has 1 aliphatic heterocycles. The number of nitro groups is 1. The molecule has 0 radical (unpaired) electrons. The fourth-order valence-corrected chi connectivity index (χ4v) is 3.84. The first-order valence-electron chi connectivity index (χ1n) is 7.55. The molecule has 1 aromatic carbocycles. The topological polar surface area (TPSA) is 67.6 Å². The Morgan fingerprint density at radius 2 is 2.17 bits per heavy atom. The molecule has 8 heteroatoms. The lowest BCUT2D eigenvalue weighted by Gasteiger charge is -2.26. The van der Waals surface area contributed by atoms with E-state index in [1.807, 2.05) is 6.07 Å². The van der Waals surface area contributed by atoms with Crippen LogP contribution in [0, 0.1) is 10.1 Å². The molecule has 0 amide bonds. The second kappa shape index (κ2) is 7.44. The number of rotatable bonds is 6. The summed E-state index contributed by atoms with van der Waals surface area (Å²) in [6.45, 7) is 5.14. The van der Waals surface area contributed by atoms with Crippen molar-refractivity contribution in [3.05, 3.63) is 33.3 Å². The molecule has 0 unspecified atom stereocenters. The molecule has 1 N–H and O–H groups in total. The van der Waals surface area contributed by atoms with E-state index in [4.69, 9.17) is 16.3 Å². The number of benzene rings is 1. The minimum Gasteiger partial charge on any atom is -0.379 e. The van der Waals surface area contributed by atoms with Gasteiger partial charge in [0.15, 0.2) is 0 Å². The van der Waals surface area contributed by atoms with Gasteiger partial charge in [0.2, 0.25) is 0 Å². The number of fused-ring (bicyclic) bond motifs is 1. The van der Waals surface area contributed by atoms with Crippen molar-refractivity contribution < 1.29 is 9.66 Å². The highest BCUT2D eigenvalue weighted by Crippen LogP contribution is 2.42.